The quantitative estimate of drug-likeness (QED) is 0.386. The summed E-state index contributed by atoms with van der Waals surface area (Å²) in [5.41, 5.74) is 1.95. The normalized spacial score (nSPS) is 19.0. The van der Waals surface area contributed by atoms with Crippen LogP contribution in [0.5, 0.6) is 0 Å². The van der Waals surface area contributed by atoms with E-state index in [1.807, 2.05) is 4.90 Å². The van der Waals surface area contributed by atoms with Crippen molar-refractivity contribution in [3.63, 3.8) is 0 Å². The maximum Gasteiger partial charge on any atom is 0.389 e. The van der Waals surface area contributed by atoms with Gasteiger partial charge in [-0.15, -0.1) is 24.8 Å². The summed E-state index contributed by atoms with van der Waals surface area (Å²) in [6, 6.07) is 0. The van der Waals surface area contributed by atoms with Gasteiger partial charge in [0.05, 0.1) is 18.1 Å². The molecule has 2 aliphatic rings. The maximum absolute atomic E-state index is 13.3. The number of nitrogens with zero attached hydrogens (tertiary/aromatic N) is 4. The van der Waals surface area contributed by atoms with E-state index in [0.717, 1.165) is 0 Å². The first kappa shape index (κ1) is 30.6. The number of piperazine rings is 1. The molecule has 1 aromatic heterocycles. The predicted octanol–water partition coefficient (Wildman–Crippen LogP) is 1.71. The van der Waals surface area contributed by atoms with Gasteiger partial charge in [-0.1, -0.05) is 0 Å². The number of nitrogens with one attached hydrogen (secondary N) is 1. The van der Waals surface area contributed by atoms with Crippen molar-refractivity contribution in [1.82, 2.24) is 19.8 Å². The lowest BCUT2D eigenvalue weighted by molar-refractivity contribution is -0.135. The summed E-state index contributed by atoms with van der Waals surface area (Å²) in [7, 11) is -4.07. The summed E-state index contributed by atoms with van der Waals surface area (Å²) in [6.07, 6.45) is -2.20. The van der Waals surface area contributed by atoms with Crippen LogP contribution in [-0.2, 0) is 26.0 Å². The average Bonchev–Trinajstić information content (AvgIpc) is 2.78. The first-order chi connectivity index (χ1) is 15.1. The molecule has 2 fully saturated rings. The summed E-state index contributed by atoms with van der Waals surface area (Å²) in [4.78, 5) is 22.5. The zero-order valence-corrected chi connectivity index (χ0v) is 20.6. The molecule has 34 heavy (non-hydrogen) atoms. The number of carbonyl (C=O) groups excluding carboxylic acids is 1. The number of aryl methyl sites for hydroxylation is 1. The third-order valence-corrected chi connectivity index (χ3v) is 8.42. The molecule has 0 radical (unpaired) electrons. The second kappa shape index (κ2) is 12.5. The van der Waals surface area contributed by atoms with Crippen molar-refractivity contribution in [3.05, 3.63) is 18.1 Å². The first-order valence-electron chi connectivity index (χ1n) is 10.2. The highest BCUT2D eigenvalue weighted by atomic mass is 35.5. The number of hydrogen-bond donors (Lipinski definition) is 2. The Labute approximate surface area is 208 Å². The van der Waals surface area contributed by atoms with Gasteiger partial charge in [0.2, 0.25) is 10.0 Å². The first-order valence-corrected chi connectivity index (χ1v) is 11.7. The maximum atomic E-state index is 13.3. The number of amides is 1. The molecule has 1 aromatic rings. The van der Waals surface area contributed by atoms with Crippen LogP contribution in [0.4, 0.5) is 19.0 Å². The summed E-state index contributed by atoms with van der Waals surface area (Å²) in [6.45, 7) is 1.01. The molecule has 3 rings (SSSR count). The van der Waals surface area contributed by atoms with Crippen LogP contribution in [0.1, 0.15) is 31.4 Å². The molecule has 10 nitrogen and oxygen atoms in total. The van der Waals surface area contributed by atoms with E-state index in [4.69, 9.17) is 9.94 Å². The Bertz CT molecular complexity index is 894. The molecule has 196 valence electrons. The number of halogens is 5. The van der Waals surface area contributed by atoms with E-state index in [1.165, 1.54) is 22.2 Å². The van der Waals surface area contributed by atoms with E-state index < -0.39 is 33.3 Å². The van der Waals surface area contributed by atoms with Gasteiger partial charge in [0.1, 0.15) is 5.82 Å². The third kappa shape index (κ3) is 6.82. The number of hydrogen-bond acceptors (Lipinski definition) is 8. The fourth-order valence-electron chi connectivity index (χ4n) is 3.92. The minimum atomic E-state index is -4.20. The number of sulfonamides is 1. The molecule has 0 unspecified atom stereocenters. The largest absolute Gasteiger partial charge is 0.389 e. The summed E-state index contributed by atoms with van der Waals surface area (Å²) in [5.74, 6) is -0.467. The van der Waals surface area contributed by atoms with Gasteiger partial charge in [0.15, 0.2) is 4.75 Å². The predicted molar refractivity (Wildman–Crippen MR) is 121 cm³/mol. The number of aromatic nitrogens is 2. The molecule has 0 aromatic carbocycles. The molecule has 0 saturated carbocycles. The summed E-state index contributed by atoms with van der Waals surface area (Å²) >= 11 is 0. The van der Waals surface area contributed by atoms with Gasteiger partial charge < -0.3 is 9.64 Å². The summed E-state index contributed by atoms with van der Waals surface area (Å²) < 4.78 is 68.0. The average molecular weight is 554 g/mol. The lowest BCUT2D eigenvalue weighted by Crippen LogP contribution is -2.62. The topological polar surface area (TPSA) is 125 Å². The van der Waals surface area contributed by atoms with Gasteiger partial charge in [0.25, 0.3) is 5.91 Å². The third-order valence-electron chi connectivity index (χ3n) is 5.80. The van der Waals surface area contributed by atoms with Crippen molar-refractivity contribution in [2.75, 3.05) is 44.3 Å². The Morgan fingerprint density at radius 1 is 1.12 bits per heavy atom. The Balaban J connectivity index is 0.00000289. The lowest BCUT2D eigenvalue weighted by atomic mass is 9.98. The highest BCUT2D eigenvalue weighted by molar-refractivity contribution is 7.91. The van der Waals surface area contributed by atoms with Crippen LogP contribution in [0.15, 0.2) is 12.4 Å². The van der Waals surface area contributed by atoms with E-state index in [0.29, 0.717) is 24.6 Å². The van der Waals surface area contributed by atoms with Gasteiger partial charge in [0, 0.05) is 58.7 Å². The van der Waals surface area contributed by atoms with Crippen molar-refractivity contribution >= 4 is 46.6 Å². The molecule has 0 aliphatic carbocycles. The van der Waals surface area contributed by atoms with Crippen LogP contribution in [-0.4, -0.2) is 84.1 Å². The van der Waals surface area contributed by atoms with Crippen LogP contribution in [0.25, 0.3) is 0 Å². The SMILES string of the molecule is Cl.Cl.O=C(NO)C1(S(=O)(=O)N2CCN(c3cnc(CCCC(F)(F)F)cn3)CC2)CCOCC1. The molecule has 1 amide bonds. The highest BCUT2D eigenvalue weighted by Crippen LogP contribution is 2.33. The fourth-order valence-corrected chi connectivity index (χ4v) is 6.02. The van der Waals surface area contributed by atoms with E-state index >= 15 is 0 Å². The van der Waals surface area contributed by atoms with Crippen LogP contribution in [0, 0.1) is 0 Å². The van der Waals surface area contributed by atoms with E-state index in [1.54, 1.807) is 0 Å². The number of anilines is 1. The molecule has 0 bridgehead atoms. The van der Waals surface area contributed by atoms with Crippen molar-refractivity contribution < 1.29 is 36.3 Å². The minimum absolute atomic E-state index is 0. The molecule has 3 heterocycles. The van der Waals surface area contributed by atoms with Gasteiger partial charge in [-0.05, 0) is 12.8 Å². The molecule has 0 spiro atoms. The minimum Gasteiger partial charge on any atom is -0.381 e. The molecule has 2 N–H and O–H groups in total. The van der Waals surface area contributed by atoms with Crippen molar-refractivity contribution in [3.8, 4) is 0 Å². The van der Waals surface area contributed by atoms with Crippen LogP contribution in [0.3, 0.4) is 0 Å². The standard InChI is InChI=1S/C18H26F3N5O5S.2ClH/c19-18(20,21)3-1-2-14-12-23-15(13-22-14)25-6-8-26(9-7-25)32(29,30)17(16(27)24-28)4-10-31-11-5-17;;/h12-13,28H,1-11H2,(H,24,27);2*1H. The second-order valence-electron chi connectivity index (χ2n) is 7.77. The molecule has 16 heteroatoms. The van der Waals surface area contributed by atoms with Crippen LogP contribution < -0.4 is 10.4 Å². The van der Waals surface area contributed by atoms with Gasteiger partial charge in [-0.25, -0.2) is 18.9 Å². The molecule has 2 saturated heterocycles. The van der Waals surface area contributed by atoms with Crippen LogP contribution >= 0.6 is 24.8 Å². The zero-order chi connectivity index (χ0) is 23.4. The van der Waals surface area contributed by atoms with Crippen molar-refractivity contribution in [1.29, 1.82) is 0 Å². The van der Waals surface area contributed by atoms with E-state index in [2.05, 4.69) is 9.97 Å². The van der Waals surface area contributed by atoms with Gasteiger partial charge in [-0.2, -0.15) is 17.5 Å². The second-order valence-corrected chi connectivity index (χ2v) is 10.0. The number of ether oxygens (including phenoxy) is 1. The fraction of sp³-hybridized carbons (Fsp3) is 0.722. The van der Waals surface area contributed by atoms with Crippen molar-refractivity contribution in [2.45, 2.75) is 43.0 Å². The Kier molecular flexibility index (Phi) is 11.2. The Morgan fingerprint density at radius 2 is 1.74 bits per heavy atom. The Morgan fingerprint density at radius 3 is 2.24 bits per heavy atom. The Hall–Kier alpha value is -1.45. The van der Waals surface area contributed by atoms with Crippen LogP contribution in [0.2, 0.25) is 0 Å². The highest BCUT2D eigenvalue weighted by Gasteiger charge is 2.54. The monoisotopic (exact) mass is 553 g/mol. The van der Waals surface area contributed by atoms with Gasteiger partial charge >= 0.3 is 6.18 Å². The van der Waals surface area contributed by atoms with E-state index in [9.17, 15) is 26.4 Å². The van der Waals surface area contributed by atoms with Gasteiger partial charge in [-0.3, -0.25) is 15.0 Å². The number of hydroxylamine groups is 1. The smallest absolute Gasteiger partial charge is 0.381 e. The molecule has 0 atom stereocenters. The van der Waals surface area contributed by atoms with E-state index in [-0.39, 0.29) is 76.8 Å². The lowest BCUT2D eigenvalue weighted by Gasteiger charge is -2.41. The van der Waals surface area contributed by atoms with Crippen molar-refractivity contribution in [2.24, 2.45) is 0 Å². The summed E-state index contributed by atoms with van der Waals surface area (Å²) in [5, 5.41) is 9.12. The zero-order valence-electron chi connectivity index (χ0n) is 18.2. The molecule has 2 aliphatic heterocycles. The molecular formula is C18H28Cl2F3N5O5S. The number of alkyl halides is 3. The number of rotatable bonds is 7. The number of carbonyl (C=O) groups is 1. The molecular weight excluding hydrogens is 526 g/mol.